The van der Waals surface area contributed by atoms with Gasteiger partial charge < -0.3 is 29.6 Å². The van der Waals surface area contributed by atoms with Crippen molar-refractivity contribution in [3.8, 4) is 5.88 Å². The molecule has 13 heteroatoms. The molecule has 0 spiro atoms. The molecule has 6 bridgehead atoms. The van der Waals surface area contributed by atoms with E-state index in [-0.39, 0.29) is 73.2 Å². The van der Waals surface area contributed by atoms with E-state index < -0.39 is 11.9 Å². The Balaban J connectivity index is 1.21. The average molecular weight is 620 g/mol. The molecule has 2 atom stereocenters. The lowest BCUT2D eigenvalue weighted by Gasteiger charge is -2.37. The predicted molar refractivity (Wildman–Crippen MR) is 161 cm³/mol. The van der Waals surface area contributed by atoms with Gasteiger partial charge in [-0.1, -0.05) is 18.2 Å². The van der Waals surface area contributed by atoms with Gasteiger partial charge in [-0.15, -0.1) is 0 Å². The van der Waals surface area contributed by atoms with E-state index in [2.05, 4.69) is 25.2 Å². The lowest BCUT2D eigenvalue weighted by molar-refractivity contribution is -0.137. The molecular formula is C32H38FN7O5. The summed E-state index contributed by atoms with van der Waals surface area (Å²) in [5.74, 6) is -0.0750. The summed E-state index contributed by atoms with van der Waals surface area (Å²) >= 11 is 0. The van der Waals surface area contributed by atoms with Crippen molar-refractivity contribution >= 4 is 17.7 Å². The topological polar surface area (TPSA) is 133 Å². The van der Waals surface area contributed by atoms with Gasteiger partial charge in [-0.25, -0.2) is 14.4 Å². The van der Waals surface area contributed by atoms with Crippen LogP contribution in [0.3, 0.4) is 0 Å². The SMILES string of the molecule is O=C1N[C@@H]2C[C@@H](C(=O)N3CCC(CC3)CN(C(=O)c3ccccc3F)CCOCCOc3cccc1n3)N(Cc1ncc[nH]1)C2. The van der Waals surface area contributed by atoms with E-state index in [4.69, 9.17) is 9.47 Å². The maximum Gasteiger partial charge on any atom is 0.270 e. The molecule has 2 N–H and O–H groups in total. The lowest BCUT2D eigenvalue weighted by Crippen LogP contribution is -2.49. The van der Waals surface area contributed by atoms with Crippen molar-refractivity contribution in [2.75, 3.05) is 52.5 Å². The van der Waals surface area contributed by atoms with Crippen molar-refractivity contribution in [1.82, 2.24) is 35.0 Å². The molecule has 0 radical (unpaired) electrons. The number of amides is 3. The van der Waals surface area contributed by atoms with Crippen LogP contribution in [-0.2, 0) is 16.1 Å². The van der Waals surface area contributed by atoms with E-state index in [0.29, 0.717) is 52.0 Å². The Morgan fingerprint density at radius 2 is 1.84 bits per heavy atom. The minimum atomic E-state index is -0.559. The molecule has 3 amide bonds. The number of H-pyrrole nitrogens is 1. The fraction of sp³-hybridized carbons (Fsp3) is 0.469. The Hall–Kier alpha value is -4.36. The van der Waals surface area contributed by atoms with E-state index in [1.54, 1.807) is 47.6 Å². The number of ether oxygens (including phenoxy) is 2. The number of hydrogen-bond donors (Lipinski definition) is 2. The highest BCUT2D eigenvalue weighted by atomic mass is 19.1. The van der Waals surface area contributed by atoms with E-state index >= 15 is 0 Å². The van der Waals surface area contributed by atoms with E-state index in [9.17, 15) is 18.8 Å². The van der Waals surface area contributed by atoms with Crippen LogP contribution in [0.2, 0.25) is 0 Å². The van der Waals surface area contributed by atoms with Gasteiger partial charge in [0.05, 0.1) is 31.4 Å². The number of pyridine rings is 1. The maximum absolute atomic E-state index is 14.6. The van der Waals surface area contributed by atoms with Crippen LogP contribution in [0.5, 0.6) is 5.88 Å². The molecule has 0 aliphatic carbocycles. The first-order valence-electron chi connectivity index (χ1n) is 15.5. The maximum atomic E-state index is 14.6. The average Bonchev–Trinajstić information content (AvgIpc) is 3.72. The molecule has 2 fully saturated rings. The van der Waals surface area contributed by atoms with Gasteiger partial charge in [0.1, 0.15) is 23.9 Å². The monoisotopic (exact) mass is 619 g/mol. The molecule has 4 aliphatic heterocycles. The highest BCUT2D eigenvalue weighted by molar-refractivity contribution is 5.94. The van der Waals surface area contributed by atoms with Crippen LogP contribution in [-0.4, -0.2) is 112 Å². The van der Waals surface area contributed by atoms with E-state index in [1.165, 1.54) is 12.1 Å². The number of carbonyl (C=O) groups is 3. The molecule has 1 aromatic carbocycles. The van der Waals surface area contributed by atoms with E-state index in [0.717, 1.165) is 5.82 Å². The number of nitrogens with one attached hydrogen (secondary N) is 2. The van der Waals surface area contributed by atoms with Crippen molar-refractivity contribution in [3.63, 3.8) is 0 Å². The summed E-state index contributed by atoms with van der Waals surface area (Å²) in [6, 6.07) is 10.3. The smallest absolute Gasteiger partial charge is 0.270 e. The number of likely N-dealkylation sites (tertiary alicyclic amines) is 1. The minimum absolute atomic E-state index is 0.0175. The van der Waals surface area contributed by atoms with Crippen LogP contribution < -0.4 is 10.1 Å². The molecule has 12 nitrogen and oxygen atoms in total. The molecule has 2 saturated heterocycles. The van der Waals surface area contributed by atoms with Crippen LogP contribution in [0, 0.1) is 11.7 Å². The summed E-state index contributed by atoms with van der Waals surface area (Å²) in [7, 11) is 0. The normalized spacial score (nSPS) is 23.7. The zero-order valence-electron chi connectivity index (χ0n) is 25.1. The van der Waals surface area contributed by atoms with Gasteiger partial charge >= 0.3 is 0 Å². The zero-order valence-corrected chi connectivity index (χ0v) is 25.1. The molecule has 2 aromatic heterocycles. The van der Waals surface area contributed by atoms with Gasteiger partial charge in [-0.2, -0.15) is 0 Å². The number of aromatic nitrogens is 3. The Bertz CT molecular complexity index is 1480. The summed E-state index contributed by atoms with van der Waals surface area (Å²) in [4.78, 5) is 58.0. The zero-order chi connectivity index (χ0) is 31.2. The first-order chi connectivity index (χ1) is 21.9. The van der Waals surface area contributed by atoms with Gasteiger partial charge in [0.2, 0.25) is 11.8 Å². The van der Waals surface area contributed by atoms with Crippen molar-refractivity contribution in [3.05, 3.63) is 77.8 Å². The number of imidazole rings is 1. The molecule has 0 unspecified atom stereocenters. The molecular weight excluding hydrogens is 581 g/mol. The fourth-order valence-electron chi connectivity index (χ4n) is 6.32. The molecule has 6 heterocycles. The molecule has 3 aromatic rings. The molecule has 7 rings (SSSR count). The first-order valence-corrected chi connectivity index (χ1v) is 15.5. The minimum Gasteiger partial charge on any atom is -0.475 e. The van der Waals surface area contributed by atoms with Gasteiger partial charge in [0, 0.05) is 57.2 Å². The molecule has 0 saturated carbocycles. The predicted octanol–water partition coefficient (Wildman–Crippen LogP) is 2.11. The van der Waals surface area contributed by atoms with Crippen molar-refractivity contribution in [2.45, 2.75) is 37.9 Å². The van der Waals surface area contributed by atoms with Crippen LogP contribution in [0.1, 0.15) is 45.9 Å². The number of rotatable bonds is 3. The summed E-state index contributed by atoms with van der Waals surface area (Å²) in [5, 5.41) is 3.06. The number of fused-ring (bicyclic) bond motifs is 10. The number of hydrogen-bond acceptors (Lipinski definition) is 8. The van der Waals surface area contributed by atoms with Crippen molar-refractivity contribution < 1.29 is 28.2 Å². The highest BCUT2D eigenvalue weighted by Crippen LogP contribution is 2.26. The number of piperidine rings is 1. The van der Waals surface area contributed by atoms with Gasteiger partial charge in [-0.05, 0) is 43.4 Å². The summed E-state index contributed by atoms with van der Waals surface area (Å²) in [6.07, 6.45) is 5.32. The standard InChI is InChI=1S/C32H38FN7O5/c33-25-5-2-1-4-24(25)31(42)39-14-15-44-16-17-45-29-7-3-6-26(37-29)30(41)36-23-18-27(40(20-23)21-28-34-10-11-35-28)32(43)38-12-8-22(19-39)9-13-38/h1-7,10-11,22-23,27H,8-9,12-21H2,(H,34,35)(H,36,41)/t23-,27+/m1/s1. The Labute approximate surface area is 260 Å². The van der Waals surface area contributed by atoms with E-state index in [1.807, 2.05) is 4.90 Å². The summed E-state index contributed by atoms with van der Waals surface area (Å²) in [6.45, 7) is 3.45. The largest absolute Gasteiger partial charge is 0.475 e. The van der Waals surface area contributed by atoms with Crippen LogP contribution in [0.25, 0.3) is 0 Å². The Morgan fingerprint density at radius 3 is 2.64 bits per heavy atom. The third kappa shape index (κ3) is 7.48. The van der Waals surface area contributed by atoms with Crippen molar-refractivity contribution in [1.29, 1.82) is 0 Å². The summed E-state index contributed by atoms with van der Waals surface area (Å²) in [5.41, 5.74) is 0.247. The molecule has 238 valence electrons. The Kier molecular flexibility index (Phi) is 9.65. The number of benzene rings is 1. The Morgan fingerprint density at radius 1 is 1.00 bits per heavy atom. The number of nitrogens with zero attached hydrogens (tertiary/aromatic N) is 5. The third-order valence-corrected chi connectivity index (χ3v) is 8.67. The van der Waals surface area contributed by atoms with Crippen LogP contribution >= 0.6 is 0 Å². The number of halogens is 1. The second-order valence-corrected chi connectivity index (χ2v) is 11.7. The second-order valence-electron chi connectivity index (χ2n) is 11.7. The van der Waals surface area contributed by atoms with Crippen LogP contribution in [0.15, 0.2) is 54.9 Å². The highest BCUT2D eigenvalue weighted by Gasteiger charge is 2.41. The number of aromatic amines is 1. The second kappa shape index (κ2) is 14.2. The first kappa shape index (κ1) is 30.7. The van der Waals surface area contributed by atoms with Crippen molar-refractivity contribution in [2.24, 2.45) is 5.92 Å². The lowest BCUT2D eigenvalue weighted by atomic mass is 9.95. The number of carbonyl (C=O) groups excluding carboxylic acids is 3. The molecule has 4 aliphatic rings. The van der Waals surface area contributed by atoms with Gasteiger partial charge in [0.25, 0.3) is 11.8 Å². The summed E-state index contributed by atoms with van der Waals surface area (Å²) < 4.78 is 26.1. The van der Waals surface area contributed by atoms with Crippen LogP contribution in [0.4, 0.5) is 4.39 Å². The third-order valence-electron chi connectivity index (χ3n) is 8.67. The quantitative estimate of drug-likeness (QED) is 0.426. The van der Waals surface area contributed by atoms with Gasteiger partial charge in [-0.3, -0.25) is 19.3 Å². The fourth-order valence-corrected chi connectivity index (χ4v) is 6.32. The molecule has 45 heavy (non-hydrogen) atoms. The van der Waals surface area contributed by atoms with Gasteiger partial charge in [0.15, 0.2) is 0 Å².